The Kier molecular flexibility index (Phi) is 6.01. The van der Waals surface area contributed by atoms with Crippen LogP contribution in [0.4, 0.5) is 4.39 Å². The molecule has 5 nitrogen and oxygen atoms in total. The zero-order valence-corrected chi connectivity index (χ0v) is 17.6. The molecule has 1 aliphatic heterocycles. The molecular formula is C23H25FN2O3S. The average Bonchev–Trinajstić information content (AvgIpc) is 3.10. The van der Waals surface area contributed by atoms with Crippen LogP contribution in [0.3, 0.4) is 0 Å². The van der Waals surface area contributed by atoms with Crippen molar-refractivity contribution in [3.63, 3.8) is 0 Å². The van der Waals surface area contributed by atoms with Crippen LogP contribution in [0, 0.1) is 18.7 Å². The Morgan fingerprint density at radius 1 is 1.30 bits per heavy atom. The van der Waals surface area contributed by atoms with Gasteiger partial charge in [0.1, 0.15) is 12.0 Å². The van der Waals surface area contributed by atoms with Crippen molar-refractivity contribution in [3.05, 3.63) is 65.6 Å². The second-order valence-electron chi connectivity index (χ2n) is 7.92. The van der Waals surface area contributed by atoms with Gasteiger partial charge in [0.25, 0.3) is 0 Å². The number of fused-ring (bicyclic) bond motifs is 1. The van der Waals surface area contributed by atoms with Gasteiger partial charge in [-0.2, -0.15) is 0 Å². The standard InChI is InChI=1S/C23H25FN2O3S/c1-15-4-2-3-5-21(15)30(29)14-16-8-9-26(22(27)10-16)23(28)11-17-13-25-20-7-6-18(24)12-19(17)20/h2-7,12-13,16,22,25,27H,8-11,14H2,1H3. The van der Waals surface area contributed by atoms with Crippen LogP contribution in [-0.2, 0) is 22.0 Å². The number of carbonyl (C=O) groups excluding carboxylic acids is 1. The maximum Gasteiger partial charge on any atom is 0.229 e. The van der Waals surface area contributed by atoms with Crippen LogP contribution < -0.4 is 0 Å². The Morgan fingerprint density at radius 3 is 2.87 bits per heavy atom. The number of H-pyrrole nitrogens is 1. The van der Waals surface area contributed by atoms with Gasteiger partial charge in [0.15, 0.2) is 0 Å². The number of benzene rings is 2. The first-order chi connectivity index (χ1) is 14.4. The number of halogens is 1. The Morgan fingerprint density at radius 2 is 2.10 bits per heavy atom. The number of aryl methyl sites for hydroxylation is 1. The fraction of sp³-hybridized carbons (Fsp3) is 0.348. The van der Waals surface area contributed by atoms with E-state index < -0.39 is 17.0 Å². The molecular weight excluding hydrogens is 403 g/mol. The lowest BCUT2D eigenvalue weighted by Crippen LogP contribution is -2.47. The van der Waals surface area contributed by atoms with E-state index in [1.165, 1.54) is 17.0 Å². The Balaban J connectivity index is 1.38. The fourth-order valence-electron chi connectivity index (χ4n) is 4.13. The molecule has 3 atom stereocenters. The molecule has 2 aromatic carbocycles. The van der Waals surface area contributed by atoms with Crippen molar-refractivity contribution in [2.24, 2.45) is 5.92 Å². The van der Waals surface area contributed by atoms with Crippen LogP contribution in [0.5, 0.6) is 0 Å². The monoisotopic (exact) mass is 428 g/mol. The van der Waals surface area contributed by atoms with E-state index in [2.05, 4.69) is 4.98 Å². The van der Waals surface area contributed by atoms with Gasteiger partial charge in [0, 0.05) is 34.3 Å². The predicted molar refractivity (Wildman–Crippen MR) is 115 cm³/mol. The van der Waals surface area contributed by atoms with Crippen molar-refractivity contribution in [3.8, 4) is 0 Å². The van der Waals surface area contributed by atoms with Gasteiger partial charge >= 0.3 is 0 Å². The van der Waals surface area contributed by atoms with Crippen molar-refractivity contribution in [2.75, 3.05) is 12.3 Å². The van der Waals surface area contributed by atoms with Gasteiger partial charge in [-0.3, -0.25) is 9.00 Å². The summed E-state index contributed by atoms with van der Waals surface area (Å²) in [6.45, 7) is 2.37. The second kappa shape index (κ2) is 8.70. The van der Waals surface area contributed by atoms with Gasteiger partial charge in [0.05, 0.1) is 17.2 Å². The first kappa shape index (κ1) is 20.8. The third-order valence-corrected chi connectivity index (χ3v) is 7.52. The summed E-state index contributed by atoms with van der Waals surface area (Å²) in [4.78, 5) is 18.2. The number of hydrogen-bond donors (Lipinski definition) is 2. The number of likely N-dealkylation sites (tertiary alicyclic amines) is 1. The largest absolute Gasteiger partial charge is 0.374 e. The first-order valence-corrected chi connectivity index (χ1v) is 11.4. The second-order valence-corrected chi connectivity index (χ2v) is 9.38. The molecule has 3 aromatic rings. The molecule has 0 radical (unpaired) electrons. The molecule has 2 N–H and O–H groups in total. The molecule has 1 aliphatic rings. The number of amides is 1. The highest BCUT2D eigenvalue weighted by molar-refractivity contribution is 7.85. The Bertz CT molecular complexity index is 1100. The van der Waals surface area contributed by atoms with Crippen molar-refractivity contribution in [1.82, 2.24) is 9.88 Å². The average molecular weight is 429 g/mol. The number of nitrogens with one attached hydrogen (secondary N) is 1. The molecule has 1 aromatic heterocycles. The molecule has 2 heterocycles. The molecule has 158 valence electrons. The summed E-state index contributed by atoms with van der Waals surface area (Å²) in [6, 6.07) is 12.1. The summed E-state index contributed by atoms with van der Waals surface area (Å²) in [5, 5.41) is 11.3. The lowest BCUT2D eigenvalue weighted by molar-refractivity contribution is -0.145. The Labute approximate surface area is 177 Å². The SMILES string of the molecule is Cc1ccccc1S(=O)CC1CCN(C(=O)Cc2c[nH]c3ccc(F)cc23)C(O)C1. The van der Waals surface area contributed by atoms with Crippen molar-refractivity contribution >= 4 is 27.6 Å². The van der Waals surface area contributed by atoms with Crippen molar-refractivity contribution in [1.29, 1.82) is 0 Å². The lowest BCUT2D eigenvalue weighted by Gasteiger charge is -2.36. The highest BCUT2D eigenvalue weighted by Crippen LogP contribution is 2.27. The number of carbonyl (C=O) groups is 1. The Hall–Kier alpha value is -2.51. The van der Waals surface area contributed by atoms with Gasteiger partial charge in [-0.15, -0.1) is 0 Å². The molecule has 0 spiro atoms. The number of hydrogen-bond acceptors (Lipinski definition) is 3. The smallest absolute Gasteiger partial charge is 0.229 e. The van der Waals surface area contributed by atoms with Crippen LogP contribution in [-0.4, -0.2) is 43.6 Å². The van der Waals surface area contributed by atoms with Crippen molar-refractivity contribution in [2.45, 2.75) is 37.3 Å². The number of aliphatic hydroxyl groups is 1. The van der Waals surface area contributed by atoms with E-state index in [1.807, 2.05) is 31.2 Å². The minimum absolute atomic E-state index is 0.0895. The first-order valence-electron chi connectivity index (χ1n) is 10.1. The minimum atomic E-state index is -1.13. The summed E-state index contributed by atoms with van der Waals surface area (Å²) >= 11 is 0. The van der Waals surface area contributed by atoms with E-state index in [4.69, 9.17) is 0 Å². The molecule has 0 aliphatic carbocycles. The highest BCUT2D eigenvalue weighted by Gasteiger charge is 2.31. The zero-order chi connectivity index (χ0) is 21.3. The number of rotatable bonds is 5. The normalized spacial score (nSPS) is 20.4. The third-order valence-electron chi connectivity index (χ3n) is 5.80. The van der Waals surface area contributed by atoms with E-state index in [9.17, 15) is 18.5 Å². The number of piperidine rings is 1. The van der Waals surface area contributed by atoms with Crippen LogP contribution in [0.15, 0.2) is 53.6 Å². The quantitative estimate of drug-likeness (QED) is 0.653. The lowest BCUT2D eigenvalue weighted by atomic mass is 9.96. The zero-order valence-electron chi connectivity index (χ0n) is 16.8. The summed E-state index contributed by atoms with van der Waals surface area (Å²) in [7, 11) is -1.13. The van der Waals surface area contributed by atoms with E-state index in [-0.39, 0.29) is 24.1 Å². The summed E-state index contributed by atoms with van der Waals surface area (Å²) in [5.41, 5.74) is 2.49. The van der Waals surface area contributed by atoms with Gasteiger partial charge in [-0.05, 0) is 61.1 Å². The van der Waals surface area contributed by atoms with Gasteiger partial charge in [0.2, 0.25) is 5.91 Å². The van der Waals surface area contributed by atoms with E-state index in [0.29, 0.717) is 36.1 Å². The van der Waals surface area contributed by atoms with Crippen LogP contribution in [0.2, 0.25) is 0 Å². The van der Waals surface area contributed by atoms with Gasteiger partial charge in [-0.1, -0.05) is 18.2 Å². The number of aliphatic hydroxyl groups excluding tert-OH is 1. The molecule has 0 saturated carbocycles. The molecule has 4 rings (SSSR count). The molecule has 7 heteroatoms. The molecule has 30 heavy (non-hydrogen) atoms. The van der Waals surface area contributed by atoms with Crippen LogP contribution >= 0.6 is 0 Å². The molecule has 1 amide bonds. The molecule has 3 unspecified atom stereocenters. The summed E-state index contributed by atoms with van der Waals surface area (Å²) < 4.78 is 26.3. The number of aromatic amines is 1. The summed E-state index contributed by atoms with van der Waals surface area (Å²) in [5.74, 6) is 0.0298. The van der Waals surface area contributed by atoms with E-state index in [0.717, 1.165) is 16.0 Å². The molecule has 0 bridgehead atoms. The number of nitrogens with zero attached hydrogens (tertiary/aromatic N) is 1. The van der Waals surface area contributed by atoms with Gasteiger partial charge < -0.3 is 15.0 Å². The number of aromatic nitrogens is 1. The van der Waals surface area contributed by atoms with E-state index in [1.54, 1.807) is 12.3 Å². The minimum Gasteiger partial charge on any atom is -0.374 e. The molecule has 1 fully saturated rings. The van der Waals surface area contributed by atoms with Gasteiger partial charge in [-0.25, -0.2) is 4.39 Å². The maximum absolute atomic E-state index is 13.6. The van der Waals surface area contributed by atoms with Crippen LogP contribution in [0.25, 0.3) is 10.9 Å². The van der Waals surface area contributed by atoms with Crippen LogP contribution in [0.1, 0.15) is 24.0 Å². The van der Waals surface area contributed by atoms with Crippen molar-refractivity contribution < 1.29 is 18.5 Å². The summed E-state index contributed by atoms with van der Waals surface area (Å²) in [6.07, 6.45) is 2.02. The topological polar surface area (TPSA) is 73.4 Å². The fourth-order valence-corrected chi connectivity index (χ4v) is 5.70. The predicted octanol–water partition coefficient (Wildman–Crippen LogP) is 3.52. The molecule has 1 saturated heterocycles. The van der Waals surface area contributed by atoms with E-state index >= 15 is 0 Å². The third kappa shape index (κ3) is 4.32. The maximum atomic E-state index is 13.6. The highest BCUT2D eigenvalue weighted by atomic mass is 32.2.